The Balaban J connectivity index is 2.71. The molecule has 0 saturated heterocycles. The predicted molar refractivity (Wildman–Crippen MR) is 57.9 cm³/mol. The monoisotopic (exact) mass is 202 g/mol. The normalized spacial score (nSPS) is 10.2. The Morgan fingerprint density at radius 1 is 1.40 bits per heavy atom. The first-order valence-electron chi connectivity index (χ1n) is 4.53. The van der Waals surface area contributed by atoms with Crippen LogP contribution >= 0.6 is 0 Å². The average Bonchev–Trinajstić information content (AvgIpc) is 2.16. The third kappa shape index (κ3) is 1.91. The quantitative estimate of drug-likeness (QED) is 0.555. The van der Waals surface area contributed by atoms with Crippen LogP contribution in [0, 0.1) is 0 Å². The largest absolute Gasteiger partial charge is 0.462 e. The Morgan fingerprint density at radius 3 is 2.87 bits per heavy atom. The van der Waals surface area contributed by atoms with E-state index in [1.165, 1.54) is 6.07 Å². The molecule has 76 valence electrons. The molecular weight excluding hydrogens is 192 g/mol. The molecule has 1 aromatic heterocycles. The smallest absolute Gasteiger partial charge is 0.339 e. The van der Waals surface area contributed by atoms with Crippen molar-refractivity contribution in [3.8, 4) is 5.75 Å². The van der Waals surface area contributed by atoms with Crippen LogP contribution in [0.5, 0.6) is 5.75 Å². The lowest BCUT2D eigenvalue weighted by atomic mass is 10.2. The molecule has 0 aliphatic heterocycles. The molecule has 3 heteroatoms. The minimum Gasteiger partial charge on any atom is -0.462 e. The number of allylic oxidation sites excluding steroid dienone is 1. The molecule has 0 fully saturated rings. The molecule has 0 atom stereocenters. The molecule has 2 aromatic rings. The van der Waals surface area contributed by atoms with Crippen LogP contribution in [0.3, 0.4) is 0 Å². The van der Waals surface area contributed by atoms with Crippen LogP contribution in [-0.2, 0) is 0 Å². The molecule has 0 aliphatic carbocycles. The zero-order valence-electron chi connectivity index (χ0n) is 8.32. The lowest BCUT2D eigenvalue weighted by Gasteiger charge is -2.06. The van der Waals surface area contributed by atoms with Gasteiger partial charge in [0.1, 0.15) is 11.3 Å². The van der Waals surface area contributed by atoms with E-state index in [9.17, 15) is 4.79 Å². The van der Waals surface area contributed by atoms with Crippen LogP contribution in [0.15, 0.2) is 51.9 Å². The summed E-state index contributed by atoms with van der Waals surface area (Å²) in [6.45, 7) is 5.36. The molecule has 2 rings (SSSR count). The SMILES string of the molecule is C=C(C)Oc1cc(=O)oc2ccccc12. The Bertz CT molecular complexity index is 566. The van der Waals surface area contributed by atoms with Gasteiger partial charge in [0.25, 0.3) is 0 Å². The van der Waals surface area contributed by atoms with E-state index in [1.807, 2.05) is 12.1 Å². The van der Waals surface area contributed by atoms with Crippen molar-refractivity contribution in [2.45, 2.75) is 6.92 Å². The van der Waals surface area contributed by atoms with Crippen LogP contribution in [0.1, 0.15) is 6.92 Å². The maximum Gasteiger partial charge on any atom is 0.339 e. The Morgan fingerprint density at radius 2 is 2.13 bits per heavy atom. The summed E-state index contributed by atoms with van der Waals surface area (Å²) in [7, 11) is 0. The molecule has 0 amide bonds. The van der Waals surface area contributed by atoms with Crippen molar-refractivity contribution < 1.29 is 9.15 Å². The van der Waals surface area contributed by atoms with Gasteiger partial charge in [-0.05, 0) is 19.1 Å². The zero-order chi connectivity index (χ0) is 10.8. The summed E-state index contributed by atoms with van der Waals surface area (Å²) >= 11 is 0. The highest BCUT2D eigenvalue weighted by atomic mass is 16.5. The van der Waals surface area contributed by atoms with Gasteiger partial charge in [-0.15, -0.1) is 0 Å². The second-order valence-electron chi connectivity index (χ2n) is 3.23. The number of fused-ring (bicyclic) bond motifs is 1. The van der Waals surface area contributed by atoms with Crippen molar-refractivity contribution in [3.63, 3.8) is 0 Å². The summed E-state index contributed by atoms with van der Waals surface area (Å²) in [5, 5.41) is 0.764. The van der Waals surface area contributed by atoms with E-state index in [2.05, 4.69) is 6.58 Å². The highest BCUT2D eigenvalue weighted by Gasteiger charge is 2.05. The molecule has 3 nitrogen and oxygen atoms in total. The van der Waals surface area contributed by atoms with Crippen molar-refractivity contribution in [3.05, 3.63) is 53.1 Å². The minimum absolute atomic E-state index is 0.426. The van der Waals surface area contributed by atoms with Crippen molar-refractivity contribution in [1.29, 1.82) is 0 Å². The number of benzene rings is 1. The van der Waals surface area contributed by atoms with Crippen molar-refractivity contribution in [2.24, 2.45) is 0 Å². The Labute approximate surface area is 86.6 Å². The molecule has 0 N–H and O–H groups in total. The Hall–Kier alpha value is -2.03. The van der Waals surface area contributed by atoms with Crippen molar-refractivity contribution >= 4 is 11.0 Å². The van der Waals surface area contributed by atoms with Gasteiger partial charge >= 0.3 is 5.63 Å². The molecule has 0 unspecified atom stereocenters. The second-order valence-corrected chi connectivity index (χ2v) is 3.23. The summed E-state index contributed by atoms with van der Waals surface area (Å²) in [4.78, 5) is 11.2. The molecule has 1 heterocycles. The van der Waals surface area contributed by atoms with Gasteiger partial charge in [0, 0.05) is 0 Å². The van der Waals surface area contributed by atoms with E-state index in [0.717, 1.165) is 5.39 Å². The fourth-order valence-electron chi connectivity index (χ4n) is 1.35. The summed E-state index contributed by atoms with van der Waals surface area (Å²) in [5.41, 5.74) is 0.0891. The molecule has 0 aliphatic rings. The first-order chi connectivity index (χ1) is 7.16. The van der Waals surface area contributed by atoms with E-state index in [1.54, 1.807) is 19.1 Å². The highest BCUT2D eigenvalue weighted by Crippen LogP contribution is 2.24. The zero-order valence-corrected chi connectivity index (χ0v) is 8.32. The number of hydrogen-bond donors (Lipinski definition) is 0. The third-order valence-corrected chi connectivity index (χ3v) is 1.90. The summed E-state index contributed by atoms with van der Waals surface area (Å²) in [5.74, 6) is 1.01. The molecule has 0 bridgehead atoms. The summed E-state index contributed by atoms with van der Waals surface area (Å²) in [6.07, 6.45) is 0. The molecule has 0 radical (unpaired) electrons. The Kier molecular flexibility index (Phi) is 2.29. The molecule has 0 saturated carbocycles. The number of ether oxygens (including phenoxy) is 1. The number of rotatable bonds is 2. The van der Waals surface area contributed by atoms with Crippen LogP contribution in [0.25, 0.3) is 11.0 Å². The summed E-state index contributed by atoms with van der Waals surface area (Å²) in [6, 6.07) is 8.53. The van der Waals surface area contributed by atoms with Crippen LogP contribution in [0.4, 0.5) is 0 Å². The molecule has 1 aromatic carbocycles. The predicted octanol–water partition coefficient (Wildman–Crippen LogP) is 2.71. The first-order valence-corrected chi connectivity index (χ1v) is 4.53. The summed E-state index contributed by atoms with van der Waals surface area (Å²) < 4.78 is 10.4. The maximum absolute atomic E-state index is 11.2. The third-order valence-electron chi connectivity index (χ3n) is 1.90. The van der Waals surface area contributed by atoms with E-state index in [-0.39, 0.29) is 0 Å². The van der Waals surface area contributed by atoms with Gasteiger partial charge in [0.15, 0.2) is 0 Å². The standard InChI is InChI=1S/C12H10O3/c1-8(2)14-11-7-12(13)15-10-6-4-3-5-9(10)11/h3-7H,1H2,2H3. The topological polar surface area (TPSA) is 39.4 Å². The minimum atomic E-state index is -0.426. The van der Waals surface area contributed by atoms with E-state index >= 15 is 0 Å². The van der Waals surface area contributed by atoms with E-state index in [0.29, 0.717) is 17.1 Å². The molecule has 15 heavy (non-hydrogen) atoms. The number of hydrogen-bond acceptors (Lipinski definition) is 3. The van der Waals surface area contributed by atoms with Gasteiger partial charge < -0.3 is 9.15 Å². The lowest BCUT2D eigenvalue weighted by molar-refractivity contribution is 0.428. The van der Waals surface area contributed by atoms with E-state index < -0.39 is 5.63 Å². The lowest BCUT2D eigenvalue weighted by Crippen LogP contribution is -1.99. The fourth-order valence-corrected chi connectivity index (χ4v) is 1.35. The van der Waals surface area contributed by atoms with E-state index in [4.69, 9.17) is 9.15 Å². The van der Waals surface area contributed by atoms with Gasteiger partial charge in [-0.25, -0.2) is 4.79 Å². The van der Waals surface area contributed by atoms with Gasteiger partial charge in [0.05, 0.1) is 17.2 Å². The van der Waals surface area contributed by atoms with Gasteiger partial charge in [-0.3, -0.25) is 0 Å². The van der Waals surface area contributed by atoms with Crippen molar-refractivity contribution in [2.75, 3.05) is 0 Å². The molecular formula is C12H10O3. The van der Waals surface area contributed by atoms with Crippen molar-refractivity contribution in [1.82, 2.24) is 0 Å². The fraction of sp³-hybridized carbons (Fsp3) is 0.0833. The van der Waals surface area contributed by atoms with Gasteiger partial charge in [-0.1, -0.05) is 18.7 Å². The van der Waals surface area contributed by atoms with Gasteiger partial charge in [0.2, 0.25) is 0 Å². The van der Waals surface area contributed by atoms with Crippen LogP contribution < -0.4 is 10.4 Å². The second kappa shape index (κ2) is 3.61. The average molecular weight is 202 g/mol. The van der Waals surface area contributed by atoms with Crippen LogP contribution in [0.2, 0.25) is 0 Å². The highest BCUT2D eigenvalue weighted by molar-refractivity contribution is 5.83. The van der Waals surface area contributed by atoms with Gasteiger partial charge in [-0.2, -0.15) is 0 Å². The molecule has 0 spiro atoms. The maximum atomic E-state index is 11.2. The number of para-hydroxylation sites is 1. The first kappa shape index (κ1) is 9.52. The van der Waals surface area contributed by atoms with Crippen LogP contribution in [-0.4, -0.2) is 0 Å².